The summed E-state index contributed by atoms with van der Waals surface area (Å²) in [5.74, 6) is 0. The number of hydrogen-bond donors (Lipinski definition) is 1. The minimum atomic E-state index is 0.476. The van der Waals surface area contributed by atoms with Gasteiger partial charge in [0.15, 0.2) is 0 Å². The van der Waals surface area contributed by atoms with Gasteiger partial charge in [-0.2, -0.15) is 0 Å². The number of nitrogens with one attached hydrogen (secondary N) is 1. The number of piperazine rings is 2. The lowest BCUT2D eigenvalue weighted by Crippen LogP contribution is -2.68. The van der Waals surface area contributed by atoms with Gasteiger partial charge in [-0.3, -0.25) is 14.7 Å². The molecule has 2 spiro atoms. The van der Waals surface area contributed by atoms with Crippen molar-refractivity contribution in [3.05, 3.63) is 0 Å². The van der Waals surface area contributed by atoms with Gasteiger partial charge in [0, 0.05) is 56.4 Å². The Morgan fingerprint density at radius 2 is 1.59 bits per heavy atom. The minimum absolute atomic E-state index is 0.476. The lowest BCUT2D eigenvalue weighted by molar-refractivity contribution is -0.0524. The summed E-state index contributed by atoms with van der Waals surface area (Å²) in [5.41, 5.74) is 1.01. The standard InChI is InChI=1S/C18H34N4/c1-15(2)22-12-11-21(14-18(22)7-8-18)16(3)20-10-9-19-17(13-20)5-4-6-17/h15-16,19H,4-14H2,1-3H3. The van der Waals surface area contributed by atoms with Gasteiger partial charge in [-0.25, -0.2) is 0 Å². The van der Waals surface area contributed by atoms with Crippen molar-refractivity contribution in [2.24, 2.45) is 0 Å². The maximum Gasteiger partial charge on any atom is 0.0595 e. The molecule has 2 aliphatic heterocycles. The molecule has 4 aliphatic rings. The van der Waals surface area contributed by atoms with Crippen LogP contribution in [-0.2, 0) is 0 Å². The number of rotatable bonds is 3. The van der Waals surface area contributed by atoms with Crippen LogP contribution in [-0.4, -0.2) is 77.3 Å². The second-order valence-corrected chi connectivity index (χ2v) is 8.64. The molecule has 2 saturated carbocycles. The molecule has 4 fully saturated rings. The van der Waals surface area contributed by atoms with Gasteiger partial charge >= 0.3 is 0 Å². The molecule has 0 amide bonds. The van der Waals surface area contributed by atoms with Gasteiger partial charge in [-0.15, -0.1) is 0 Å². The molecule has 2 heterocycles. The van der Waals surface area contributed by atoms with E-state index in [4.69, 9.17) is 0 Å². The van der Waals surface area contributed by atoms with Gasteiger partial charge < -0.3 is 5.32 Å². The Morgan fingerprint density at radius 1 is 0.864 bits per heavy atom. The van der Waals surface area contributed by atoms with E-state index in [0.29, 0.717) is 23.3 Å². The predicted molar refractivity (Wildman–Crippen MR) is 91.0 cm³/mol. The Bertz CT molecular complexity index is 413. The van der Waals surface area contributed by atoms with Crippen LogP contribution in [0.15, 0.2) is 0 Å². The molecule has 22 heavy (non-hydrogen) atoms. The van der Waals surface area contributed by atoms with E-state index in [9.17, 15) is 0 Å². The van der Waals surface area contributed by atoms with Crippen LogP contribution in [0.25, 0.3) is 0 Å². The zero-order chi connectivity index (χ0) is 15.4. The predicted octanol–water partition coefficient (Wildman–Crippen LogP) is 1.72. The first-order chi connectivity index (χ1) is 10.5. The fourth-order valence-electron chi connectivity index (χ4n) is 5.21. The van der Waals surface area contributed by atoms with Crippen LogP contribution in [0.3, 0.4) is 0 Å². The van der Waals surface area contributed by atoms with Crippen molar-refractivity contribution in [2.45, 2.75) is 76.2 Å². The molecule has 0 radical (unpaired) electrons. The van der Waals surface area contributed by atoms with Crippen molar-refractivity contribution in [1.82, 2.24) is 20.0 Å². The van der Waals surface area contributed by atoms with Crippen LogP contribution < -0.4 is 5.32 Å². The van der Waals surface area contributed by atoms with E-state index < -0.39 is 0 Å². The second kappa shape index (κ2) is 5.44. The quantitative estimate of drug-likeness (QED) is 0.857. The van der Waals surface area contributed by atoms with Crippen LogP contribution >= 0.6 is 0 Å². The molecule has 2 aliphatic carbocycles. The van der Waals surface area contributed by atoms with Gasteiger partial charge in [-0.1, -0.05) is 0 Å². The zero-order valence-electron chi connectivity index (χ0n) is 14.8. The summed E-state index contributed by atoms with van der Waals surface area (Å²) in [6.07, 6.45) is 7.65. The molecule has 4 rings (SSSR count). The Kier molecular flexibility index (Phi) is 3.80. The summed E-state index contributed by atoms with van der Waals surface area (Å²) in [7, 11) is 0. The minimum Gasteiger partial charge on any atom is -0.309 e. The highest BCUT2D eigenvalue weighted by Gasteiger charge is 2.53. The monoisotopic (exact) mass is 306 g/mol. The van der Waals surface area contributed by atoms with E-state index in [1.165, 1.54) is 71.4 Å². The van der Waals surface area contributed by atoms with Crippen molar-refractivity contribution < 1.29 is 0 Å². The van der Waals surface area contributed by atoms with Crippen molar-refractivity contribution in [3.8, 4) is 0 Å². The molecule has 126 valence electrons. The average Bonchev–Trinajstić information content (AvgIpc) is 3.24. The Labute approximate surface area is 136 Å². The average molecular weight is 306 g/mol. The lowest BCUT2D eigenvalue weighted by atomic mass is 9.75. The van der Waals surface area contributed by atoms with Gasteiger partial charge in [0.2, 0.25) is 0 Å². The molecule has 1 unspecified atom stereocenters. The van der Waals surface area contributed by atoms with Crippen molar-refractivity contribution in [3.63, 3.8) is 0 Å². The highest BCUT2D eigenvalue weighted by atomic mass is 15.4. The van der Waals surface area contributed by atoms with E-state index in [1.807, 2.05) is 0 Å². The van der Waals surface area contributed by atoms with Crippen LogP contribution in [0.2, 0.25) is 0 Å². The summed E-state index contributed by atoms with van der Waals surface area (Å²) < 4.78 is 0. The molecule has 4 heteroatoms. The smallest absolute Gasteiger partial charge is 0.0595 e. The van der Waals surface area contributed by atoms with E-state index in [-0.39, 0.29) is 0 Å². The highest BCUT2D eigenvalue weighted by molar-refractivity contribution is 5.10. The molecule has 0 aromatic carbocycles. The maximum absolute atomic E-state index is 3.80. The van der Waals surface area contributed by atoms with Crippen molar-refractivity contribution >= 4 is 0 Å². The fourth-order valence-corrected chi connectivity index (χ4v) is 5.21. The molecule has 0 aromatic heterocycles. The molecule has 0 bridgehead atoms. The van der Waals surface area contributed by atoms with E-state index in [1.54, 1.807) is 0 Å². The lowest BCUT2D eigenvalue weighted by Gasteiger charge is -2.54. The highest BCUT2D eigenvalue weighted by Crippen LogP contribution is 2.46. The largest absolute Gasteiger partial charge is 0.309 e. The Balaban J connectivity index is 1.40. The van der Waals surface area contributed by atoms with Gasteiger partial charge in [0.1, 0.15) is 0 Å². The molecule has 1 atom stereocenters. The summed E-state index contributed by atoms with van der Waals surface area (Å²) in [4.78, 5) is 8.32. The van der Waals surface area contributed by atoms with Crippen LogP contribution in [0.1, 0.15) is 52.9 Å². The number of hydrogen-bond acceptors (Lipinski definition) is 4. The van der Waals surface area contributed by atoms with Crippen LogP contribution in [0, 0.1) is 0 Å². The first-order valence-corrected chi connectivity index (χ1v) is 9.54. The van der Waals surface area contributed by atoms with Gasteiger partial charge in [-0.05, 0) is 52.9 Å². The molecule has 0 aromatic rings. The van der Waals surface area contributed by atoms with Crippen molar-refractivity contribution in [1.29, 1.82) is 0 Å². The molecule has 1 N–H and O–H groups in total. The molecular weight excluding hydrogens is 272 g/mol. The van der Waals surface area contributed by atoms with E-state index in [0.717, 1.165) is 0 Å². The molecule has 4 nitrogen and oxygen atoms in total. The summed E-state index contributed by atoms with van der Waals surface area (Å²) in [6, 6.07) is 0.706. The fraction of sp³-hybridized carbons (Fsp3) is 1.00. The third-order valence-electron chi connectivity index (χ3n) is 6.96. The van der Waals surface area contributed by atoms with Crippen LogP contribution in [0.5, 0.6) is 0 Å². The first-order valence-electron chi connectivity index (χ1n) is 9.54. The normalized spacial score (nSPS) is 33.3. The van der Waals surface area contributed by atoms with Gasteiger partial charge in [0.25, 0.3) is 0 Å². The summed E-state index contributed by atoms with van der Waals surface area (Å²) in [5, 5.41) is 3.80. The number of nitrogens with zero attached hydrogens (tertiary/aromatic N) is 3. The maximum atomic E-state index is 3.80. The Morgan fingerprint density at radius 3 is 2.18 bits per heavy atom. The molecule has 2 saturated heterocycles. The third kappa shape index (κ3) is 2.52. The van der Waals surface area contributed by atoms with Gasteiger partial charge in [0.05, 0.1) is 6.17 Å². The topological polar surface area (TPSA) is 21.8 Å². The Hall–Kier alpha value is -0.160. The molecular formula is C18H34N4. The second-order valence-electron chi connectivity index (χ2n) is 8.64. The van der Waals surface area contributed by atoms with E-state index >= 15 is 0 Å². The van der Waals surface area contributed by atoms with Crippen molar-refractivity contribution in [2.75, 3.05) is 39.3 Å². The summed E-state index contributed by atoms with van der Waals surface area (Å²) in [6.45, 7) is 14.7. The third-order valence-corrected chi connectivity index (χ3v) is 6.96. The zero-order valence-corrected chi connectivity index (χ0v) is 14.8. The first kappa shape index (κ1) is 15.4. The van der Waals surface area contributed by atoms with E-state index in [2.05, 4.69) is 40.8 Å². The summed E-state index contributed by atoms with van der Waals surface area (Å²) >= 11 is 0. The SMILES string of the molecule is CC(N1CCNC2(CCC2)C1)N1CCN(C(C)C)C2(CC2)C1. The van der Waals surface area contributed by atoms with Crippen LogP contribution in [0.4, 0.5) is 0 Å².